The Kier molecular flexibility index (Phi) is 6.29. The van der Waals surface area contributed by atoms with E-state index in [0.717, 1.165) is 6.20 Å². The minimum absolute atomic E-state index is 0.121. The number of methoxy groups -OCH3 is 1. The van der Waals surface area contributed by atoms with Crippen molar-refractivity contribution in [2.45, 2.75) is 4.90 Å². The molecule has 9 heteroatoms. The third-order valence-corrected chi connectivity index (χ3v) is 3.48. The molecular formula is C10H15ClN2O5S. The van der Waals surface area contributed by atoms with E-state index in [1.54, 1.807) is 7.11 Å². The van der Waals surface area contributed by atoms with Crippen molar-refractivity contribution in [2.24, 2.45) is 0 Å². The molecule has 1 aromatic rings. The number of aromatic nitrogens is 1. The van der Waals surface area contributed by atoms with Gasteiger partial charge in [-0.2, -0.15) is 0 Å². The van der Waals surface area contributed by atoms with E-state index in [-0.39, 0.29) is 10.6 Å². The van der Waals surface area contributed by atoms with Crippen molar-refractivity contribution in [3.05, 3.63) is 18.0 Å². The Morgan fingerprint density at radius 3 is 2.74 bits per heavy atom. The van der Waals surface area contributed by atoms with Crippen molar-refractivity contribution in [3.8, 4) is 0 Å². The van der Waals surface area contributed by atoms with Gasteiger partial charge < -0.3 is 19.8 Å². The number of carbonyl (C=O) groups excluding carboxylic acids is 1. The average molecular weight is 311 g/mol. The molecule has 1 heterocycles. The van der Waals surface area contributed by atoms with E-state index < -0.39 is 15.0 Å². The molecule has 0 aliphatic carbocycles. The van der Waals surface area contributed by atoms with Gasteiger partial charge in [0.05, 0.1) is 19.8 Å². The number of aromatic amines is 1. The number of rotatable bonds is 8. The zero-order valence-corrected chi connectivity index (χ0v) is 11.9. The summed E-state index contributed by atoms with van der Waals surface area (Å²) < 4.78 is 32.0. The first-order chi connectivity index (χ1) is 8.95. The number of ether oxygens (including phenoxy) is 2. The second-order valence-corrected chi connectivity index (χ2v) is 6.11. The molecule has 2 N–H and O–H groups in total. The number of H-pyrrole nitrogens is 1. The third kappa shape index (κ3) is 5.60. The SMILES string of the molecule is COCCOCCNC(=O)c1cc(S(=O)(=O)Cl)c[nH]1. The molecule has 7 nitrogen and oxygen atoms in total. The highest BCUT2D eigenvalue weighted by molar-refractivity contribution is 8.13. The Morgan fingerprint density at radius 1 is 1.42 bits per heavy atom. The van der Waals surface area contributed by atoms with Crippen LogP contribution in [0.15, 0.2) is 17.2 Å². The first kappa shape index (κ1) is 16.0. The molecule has 0 radical (unpaired) electrons. The van der Waals surface area contributed by atoms with E-state index in [2.05, 4.69) is 10.3 Å². The predicted molar refractivity (Wildman–Crippen MR) is 68.9 cm³/mol. The molecule has 0 bridgehead atoms. The van der Waals surface area contributed by atoms with E-state index >= 15 is 0 Å². The standard InChI is InChI=1S/C10H15ClN2O5S/c1-17-4-5-18-3-2-12-10(14)9-6-8(7-13-9)19(11,15)16/h6-7,13H,2-5H2,1H3,(H,12,14). The minimum Gasteiger partial charge on any atom is -0.382 e. The molecule has 1 rings (SSSR count). The molecule has 0 unspecified atom stereocenters. The third-order valence-electron chi connectivity index (χ3n) is 2.15. The number of hydrogen-bond acceptors (Lipinski definition) is 5. The summed E-state index contributed by atoms with van der Waals surface area (Å²) in [6, 6.07) is 1.17. The van der Waals surface area contributed by atoms with Crippen LogP contribution in [0.2, 0.25) is 0 Å². The van der Waals surface area contributed by atoms with E-state index in [9.17, 15) is 13.2 Å². The van der Waals surface area contributed by atoms with Crippen LogP contribution in [-0.2, 0) is 18.5 Å². The smallest absolute Gasteiger partial charge is 0.267 e. The molecular weight excluding hydrogens is 296 g/mol. The van der Waals surface area contributed by atoms with Crippen LogP contribution in [-0.4, -0.2) is 52.8 Å². The highest BCUT2D eigenvalue weighted by Gasteiger charge is 2.15. The summed E-state index contributed by atoms with van der Waals surface area (Å²) in [6.07, 6.45) is 1.16. The van der Waals surface area contributed by atoms with Gasteiger partial charge in [-0.05, 0) is 6.07 Å². The summed E-state index contributed by atoms with van der Waals surface area (Å²) in [6.45, 7) is 1.59. The fourth-order valence-electron chi connectivity index (χ4n) is 1.22. The number of amides is 1. The second-order valence-electron chi connectivity index (χ2n) is 3.55. The Bertz CT molecular complexity index is 514. The van der Waals surface area contributed by atoms with Gasteiger partial charge in [0.2, 0.25) is 0 Å². The first-order valence-corrected chi connectivity index (χ1v) is 7.74. The second kappa shape index (κ2) is 7.49. The molecule has 0 aliphatic heterocycles. The van der Waals surface area contributed by atoms with Crippen LogP contribution in [0.25, 0.3) is 0 Å². The fourth-order valence-corrected chi connectivity index (χ4v) is 1.95. The van der Waals surface area contributed by atoms with Crippen LogP contribution in [0.1, 0.15) is 10.5 Å². The van der Waals surface area contributed by atoms with Crippen molar-refractivity contribution in [3.63, 3.8) is 0 Å². The maximum Gasteiger partial charge on any atom is 0.267 e. The monoisotopic (exact) mass is 310 g/mol. The van der Waals surface area contributed by atoms with Gasteiger partial charge in [0.1, 0.15) is 10.6 Å². The molecule has 0 saturated carbocycles. The van der Waals surface area contributed by atoms with Gasteiger partial charge in [-0.25, -0.2) is 8.42 Å². The van der Waals surface area contributed by atoms with Crippen molar-refractivity contribution in [1.82, 2.24) is 10.3 Å². The molecule has 0 aliphatic rings. The van der Waals surface area contributed by atoms with Crippen molar-refractivity contribution >= 4 is 25.6 Å². The Morgan fingerprint density at radius 2 is 2.16 bits per heavy atom. The van der Waals surface area contributed by atoms with E-state index in [1.165, 1.54) is 6.07 Å². The maximum absolute atomic E-state index is 11.6. The predicted octanol–water partition coefficient (Wildman–Crippen LogP) is 0.335. The minimum atomic E-state index is -3.83. The fraction of sp³-hybridized carbons (Fsp3) is 0.500. The number of carbonyl (C=O) groups is 1. The molecule has 1 amide bonds. The van der Waals surface area contributed by atoms with Gasteiger partial charge in [0.15, 0.2) is 0 Å². The lowest BCUT2D eigenvalue weighted by Gasteiger charge is -2.04. The van der Waals surface area contributed by atoms with Gasteiger partial charge in [-0.15, -0.1) is 0 Å². The summed E-state index contributed by atoms with van der Waals surface area (Å²) in [5, 5.41) is 2.57. The first-order valence-electron chi connectivity index (χ1n) is 5.43. The van der Waals surface area contributed by atoms with Crippen LogP contribution in [0, 0.1) is 0 Å². The van der Waals surface area contributed by atoms with Crippen LogP contribution < -0.4 is 5.32 Å². The molecule has 0 spiro atoms. The van der Waals surface area contributed by atoms with Crippen molar-refractivity contribution in [1.29, 1.82) is 0 Å². The Balaban J connectivity index is 2.36. The van der Waals surface area contributed by atoms with E-state index in [1.807, 2.05) is 0 Å². The molecule has 0 aromatic carbocycles. The topological polar surface area (TPSA) is 97.5 Å². The number of halogens is 1. The molecule has 19 heavy (non-hydrogen) atoms. The average Bonchev–Trinajstić information content (AvgIpc) is 2.82. The highest BCUT2D eigenvalue weighted by Crippen LogP contribution is 2.15. The summed E-state index contributed by atoms with van der Waals surface area (Å²) >= 11 is 0. The molecule has 108 valence electrons. The van der Waals surface area contributed by atoms with Crippen LogP contribution in [0.3, 0.4) is 0 Å². The normalized spacial score (nSPS) is 11.5. The summed E-state index contributed by atoms with van der Waals surface area (Å²) in [5.41, 5.74) is 0.121. The Labute approximate surface area is 115 Å². The summed E-state index contributed by atoms with van der Waals surface area (Å²) in [7, 11) is 2.88. The summed E-state index contributed by atoms with van der Waals surface area (Å²) in [4.78, 5) is 14.0. The van der Waals surface area contributed by atoms with Crippen LogP contribution in [0.5, 0.6) is 0 Å². The highest BCUT2D eigenvalue weighted by atomic mass is 35.7. The largest absolute Gasteiger partial charge is 0.382 e. The Hall–Kier alpha value is -1.09. The van der Waals surface area contributed by atoms with Gasteiger partial charge in [0.25, 0.3) is 15.0 Å². The zero-order valence-electron chi connectivity index (χ0n) is 10.3. The lowest BCUT2D eigenvalue weighted by Crippen LogP contribution is -2.27. The number of hydrogen-bond donors (Lipinski definition) is 2. The van der Waals surface area contributed by atoms with Gasteiger partial charge in [-0.1, -0.05) is 0 Å². The van der Waals surface area contributed by atoms with Crippen LogP contribution >= 0.6 is 10.7 Å². The quantitative estimate of drug-likeness (QED) is 0.533. The molecule has 0 saturated heterocycles. The van der Waals surface area contributed by atoms with Gasteiger partial charge >= 0.3 is 0 Å². The van der Waals surface area contributed by atoms with Crippen molar-refractivity contribution < 1.29 is 22.7 Å². The molecule has 0 atom stereocenters. The maximum atomic E-state index is 11.6. The van der Waals surface area contributed by atoms with Crippen molar-refractivity contribution in [2.75, 3.05) is 33.5 Å². The van der Waals surface area contributed by atoms with Gasteiger partial charge in [-0.3, -0.25) is 4.79 Å². The van der Waals surface area contributed by atoms with E-state index in [4.69, 9.17) is 20.2 Å². The summed E-state index contributed by atoms with van der Waals surface area (Å²) in [5.74, 6) is -0.429. The number of nitrogens with one attached hydrogen (secondary N) is 2. The van der Waals surface area contributed by atoms with E-state index in [0.29, 0.717) is 26.4 Å². The molecule has 0 fully saturated rings. The van der Waals surface area contributed by atoms with Crippen LogP contribution in [0.4, 0.5) is 0 Å². The lowest BCUT2D eigenvalue weighted by atomic mass is 10.4. The molecule has 1 aromatic heterocycles. The van der Waals surface area contributed by atoms with Gasteiger partial charge in [0, 0.05) is 30.5 Å². The zero-order chi connectivity index (χ0) is 14.3. The lowest BCUT2D eigenvalue weighted by molar-refractivity contribution is 0.0692.